The first-order valence-corrected chi connectivity index (χ1v) is 7.56. The minimum absolute atomic E-state index is 0.0618. The van der Waals surface area contributed by atoms with Crippen molar-refractivity contribution in [2.75, 3.05) is 31.1 Å². The Hall–Kier alpha value is -1.31. The molecule has 0 spiro atoms. The fourth-order valence-corrected chi connectivity index (χ4v) is 3.50. The minimum atomic E-state index is -3.08. The molecule has 2 amide bonds. The predicted molar refractivity (Wildman–Crippen MR) is 65.1 cm³/mol. The van der Waals surface area contributed by atoms with Gasteiger partial charge in [0.15, 0.2) is 9.84 Å². The van der Waals surface area contributed by atoms with Crippen molar-refractivity contribution in [1.82, 2.24) is 9.80 Å². The maximum atomic E-state index is 12.1. The van der Waals surface area contributed by atoms with Crippen LogP contribution in [0.15, 0.2) is 0 Å². The number of carbonyl (C=O) groups excluding carboxylic acids is 1. The number of hydrogen-bond acceptors (Lipinski definition) is 4. The molecule has 8 heteroatoms. The Morgan fingerprint density at radius 3 is 2.50 bits per heavy atom. The van der Waals surface area contributed by atoms with E-state index in [0.717, 1.165) is 0 Å². The summed E-state index contributed by atoms with van der Waals surface area (Å²) in [6, 6.07) is -0.832. The third kappa shape index (κ3) is 3.59. The number of rotatable bonds is 3. The molecule has 1 rings (SSSR count). The van der Waals surface area contributed by atoms with E-state index in [1.54, 1.807) is 13.8 Å². The van der Waals surface area contributed by atoms with Gasteiger partial charge in [-0.3, -0.25) is 4.79 Å². The maximum Gasteiger partial charge on any atom is 0.323 e. The molecule has 0 aromatic heterocycles. The number of urea groups is 1. The molecular weight excluding hydrogens is 260 g/mol. The maximum absolute atomic E-state index is 12.1. The van der Waals surface area contributed by atoms with Crippen molar-refractivity contribution < 1.29 is 23.1 Å². The summed E-state index contributed by atoms with van der Waals surface area (Å²) in [4.78, 5) is 25.3. The van der Waals surface area contributed by atoms with Gasteiger partial charge in [-0.15, -0.1) is 0 Å². The second kappa shape index (κ2) is 5.55. The van der Waals surface area contributed by atoms with Gasteiger partial charge in [0.2, 0.25) is 0 Å². The number of carbonyl (C=O) groups is 2. The lowest BCUT2D eigenvalue weighted by molar-refractivity contribution is -0.137. The number of amides is 2. The van der Waals surface area contributed by atoms with E-state index in [9.17, 15) is 18.0 Å². The summed E-state index contributed by atoms with van der Waals surface area (Å²) >= 11 is 0. The van der Waals surface area contributed by atoms with Gasteiger partial charge in [0, 0.05) is 19.1 Å². The highest BCUT2D eigenvalue weighted by Crippen LogP contribution is 2.13. The van der Waals surface area contributed by atoms with Crippen LogP contribution in [-0.4, -0.2) is 72.5 Å². The average Bonchev–Trinajstić information content (AvgIpc) is 2.23. The largest absolute Gasteiger partial charge is 0.480 e. The Morgan fingerprint density at radius 2 is 2.06 bits per heavy atom. The third-order valence-electron chi connectivity index (χ3n) is 2.89. The molecule has 0 radical (unpaired) electrons. The number of hydrogen-bond donors (Lipinski definition) is 1. The quantitative estimate of drug-likeness (QED) is 0.760. The summed E-state index contributed by atoms with van der Waals surface area (Å²) in [5, 5.41) is 8.70. The van der Waals surface area contributed by atoms with Crippen molar-refractivity contribution in [3.63, 3.8) is 0 Å². The molecule has 1 N–H and O–H groups in total. The number of likely N-dealkylation sites (N-methyl/N-ethyl adjacent to an activating group) is 1. The van der Waals surface area contributed by atoms with E-state index in [4.69, 9.17) is 5.11 Å². The van der Waals surface area contributed by atoms with Crippen LogP contribution >= 0.6 is 0 Å². The lowest BCUT2D eigenvalue weighted by atomic mass is 10.3. The molecular formula is C10H18N2O5S. The van der Waals surface area contributed by atoms with Crippen LogP contribution in [0.5, 0.6) is 0 Å². The van der Waals surface area contributed by atoms with E-state index >= 15 is 0 Å². The second-order valence-corrected chi connectivity index (χ2v) is 6.58. The smallest absolute Gasteiger partial charge is 0.323 e. The molecule has 0 saturated carbocycles. The summed E-state index contributed by atoms with van der Waals surface area (Å²) in [5.74, 6) is -1.21. The highest BCUT2D eigenvalue weighted by Gasteiger charge is 2.33. The van der Waals surface area contributed by atoms with E-state index in [2.05, 4.69) is 0 Å². The van der Waals surface area contributed by atoms with E-state index in [1.807, 2.05) is 0 Å². The van der Waals surface area contributed by atoms with Crippen molar-refractivity contribution in [2.45, 2.75) is 19.9 Å². The molecule has 1 aliphatic rings. The first-order valence-electron chi connectivity index (χ1n) is 5.74. The number of carboxylic acids is 1. The summed E-state index contributed by atoms with van der Waals surface area (Å²) in [5.41, 5.74) is 0. The Morgan fingerprint density at radius 1 is 1.44 bits per heavy atom. The van der Waals surface area contributed by atoms with Crippen LogP contribution in [0.3, 0.4) is 0 Å². The molecule has 18 heavy (non-hydrogen) atoms. The van der Waals surface area contributed by atoms with Gasteiger partial charge in [-0.2, -0.15) is 0 Å². The van der Waals surface area contributed by atoms with Crippen LogP contribution in [0.4, 0.5) is 4.79 Å². The summed E-state index contributed by atoms with van der Waals surface area (Å²) in [6.45, 7) is 3.38. The van der Waals surface area contributed by atoms with Crippen LogP contribution in [0, 0.1) is 0 Å². The van der Waals surface area contributed by atoms with Crippen LogP contribution < -0.4 is 0 Å². The fraction of sp³-hybridized carbons (Fsp3) is 0.800. The Balaban J connectivity index is 2.74. The van der Waals surface area contributed by atoms with Gasteiger partial charge in [0.1, 0.15) is 6.54 Å². The van der Waals surface area contributed by atoms with Crippen molar-refractivity contribution in [3.05, 3.63) is 0 Å². The Labute approximate surface area is 106 Å². The molecule has 1 fully saturated rings. The monoisotopic (exact) mass is 278 g/mol. The second-order valence-electron chi connectivity index (χ2n) is 4.35. The molecule has 7 nitrogen and oxygen atoms in total. The van der Waals surface area contributed by atoms with Crippen LogP contribution in [0.1, 0.15) is 13.8 Å². The fourth-order valence-electron chi connectivity index (χ4n) is 1.94. The normalized spacial score (nSPS) is 22.6. The van der Waals surface area contributed by atoms with Gasteiger partial charge in [-0.25, -0.2) is 13.2 Å². The zero-order valence-corrected chi connectivity index (χ0v) is 11.3. The number of nitrogens with zero attached hydrogens (tertiary/aromatic N) is 2. The minimum Gasteiger partial charge on any atom is -0.480 e. The number of sulfone groups is 1. The number of aliphatic carboxylic acids is 1. The van der Waals surface area contributed by atoms with E-state index in [1.165, 1.54) is 9.80 Å². The zero-order valence-electron chi connectivity index (χ0n) is 10.5. The van der Waals surface area contributed by atoms with Gasteiger partial charge >= 0.3 is 12.0 Å². The lowest BCUT2D eigenvalue weighted by Gasteiger charge is -2.36. The van der Waals surface area contributed by atoms with E-state index in [-0.39, 0.29) is 31.1 Å². The zero-order chi connectivity index (χ0) is 13.9. The van der Waals surface area contributed by atoms with Crippen LogP contribution in [0.2, 0.25) is 0 Å². The van der Waals surface area contributed by atoms with Gasteiger partial charge < -0.3 is 14.9 Å². The molecule has 0 aromatic carbocycles. The molecule has 1 unspecified atom stereocenters. The highest BCUT2D eigenvalue weighted by molar-refractivity contribution is 7.91. The molecule has 1 saturated heterocycles. The van der Waals surface area contributed by atoms with Gasteiger partial charge in [0.25, 0.3) is 0 Å². The van der Waals surface area contributed by atoms with Crippen LogP contribution in [-0.2, 0) is 14.6 Å². The molecule has 1 atom stereocenters. The van der Waals surface area contributed by atoms with Gasteiger partial charge in [0.05, 0.1) is 11.5 Å². The standard InChI is InChI=1S/C10H18N2O5S/c1-3-11(6-9(13)14)10(15)12-4-5-18(16,17)7-8(12)2/h8H,3-7H2,1-2H3,(H,13,14). The van der Waals surface area contributed by atoms with Crippen molar-refractivity contribution in [3.8, 4) is 0 Å². The first kappa shape index (κ1) is 14.7. The van der Waals surface area contributed by atoms with Gasteiger partial charge in [-0.1, -0.05) is 0 Å². The molecule has 1 aliphatic heterocycles. The van der Waals surface area contributed by atoms with E-state index in [0.29, 0.717) is 0 Å². The molecule has 1 heterocycles. The first-order chi connectivity index (χ1) is 8.26. The third-order valence-corrected chi connectivity index (χ3v) is 4.69. The summed E-state index contributed by atoms with van der Waals surface area (Å²) in [6.07, 6.45) is 0. The lowest BCUT2D eigenvalue weighted by Crippen LogP contribution is -2.55. The number of carboxylic acid groups (broad SMARTS) is 1. The van der Waals surface area contributed by atoms with Gasteiger partial charge in [-0.05, 0) is 13.8 Å². The highest BCUT2D eigenvalue weighted by atomic mass is 32.2. The topological polar surface area (TPSA) is 95.0 Å². The van der Waals surface area contributed by atoms with Crippen molar-refractivity contribution in [2.24, 2.45) is 0 Å². The molecule has 0 bridgehead atoms. The Kier molecular flexibility index (Phi) is 4.55. The average molecular weight is 278 g/mol. The van der Waals surface area contributed by atoms with E-state index < -0.39 is 27.9 Å². The van der Waals surface area contributed by atoms with Crippen LogP contribution in [0.25, 0.3) is 0 Å². The van der Waals surface area contributed by atoms with Crippen molar-refractivity contribution >= 4 is 21.8 Å². The van der Waals surface area contributed by atoms with Crippen molar-refractivity contribution in [1.29, 1.82) is 0 Å². The predicted octanol–water partition coefficient (Wildman–Crippen LogP) is -0.368. The summed E-state index contributed by atoms with van der Waals surface area (Å²) < 4.78 is 22.8. The SMILES string of the molecule is CCN(CC(=O)O)C(=O)N1CCS(=O)(=O)CC1C. The molecule has 104 valence electrons. The summed E-state index contributed by atoms with van der Waals surface area (Å²) in [7, 11) is -3.08. The molecule has 0 aromatic rings. The Bertz CT molecular complexity index is 434. The molecule has 0 aliphatic carbocycles.